The zero-order valence-electron chi connectivity index (χ0n) is 18.6. The van der Waals surface area contributed by atoms with E-state index in [2.05, 4.69) is 12.2 Å². The summed E-state index contributed by atoms with van der Waals surface area (Å²) >= 11 is 0. The third-order valence-electron chi connectivity index (χ3n) is 6.36. The van der Waals surface area contributed by atoms with E-state index >= 15 is 0 Å². The van der Waals surface area contributed by atoms with Gasteiger partial charge in [0.15, 0.2) is 0 Å². The molecule has 2 aliphatic rings. The minimum atomic E-state index is -0.155. The van der Waals surface area contributed by atoms with E-state index in [0.717, 1.165) is 37.2 Å². The van der Waals surface area contributed by atoms with Crippen LogP contribution in [-0.2, 0) is 4.79 Å². The van der Waals surface area contributed by atoms with E-state index in [-0.39, 0.29) is 23.8 Å². The maximum Gasteiger partial charge on any atom is 0.321 e. The van der Waals surface area contributed by atoms with Crippen LogP contribution in [0.25, 0.3) is 0 Å². The monoisotopic (exact) mass is 414 g/mol. The van der Waals surface area contributed by atoms with Crippen LogP contribution in [0.1, 0.15) is 48.5 Å². The van der Waals surface area contributed by atoms with Crippen LogP contribution in [0.3, 0.4) is 0 Å². The van der Waals surface area contributed by atoms with Gasteiger partial charge in [-0.25, -0.2) is 4.79 Å². The summed E-state index contributed by atoms with van der Waals surface area (Å²) in [6, 6.07) is 5.32. The Hall–Kier alpha value is -2.57. The van der Waals surface area contributed by atoms with Crippen LogP contribution in [-0.4, -0.2) is 72.8 Å². The number of nitrogens with zero attached hydrogens (tertiary/aromatic N) is 3. The lowest BCUT2D eigenvalue weighted by Gasteiger charge is -2.32. The molecular formula is C23H34N4O3. The Labute approximate surface area is 179 Å². The maximum atomic E-state index is 12.8. The number of aryl methyl sites for hydroxylation is 1. The van der Waals surface area contributed by atoms with Crippen LogP contribution in [0.15, 0.2) is 18.2 Å². The van der Waals surface area contributed by atoms with Gasteiger partial charge in [0.2, 0.25) is 5.91 Å². The van der Waals surface area contributed by atoms with Gasteiger partial charge in [-0.3, -0.25) is 9.59 Å². The fraction of sp³-hybridized carbons (Fsp3) is 0.609. The number of urea groups is 1. The first-order chi connectivity index (χ1) is 14.3. The zero-order valence-corrected chi connectivity index (χ0v) is 18.6. The van der Waals surface area contributed by atoms with Crippen molar-refractivity contribution in [3.05, 3.63) is 29.3 Å². The van der Waals surface area contributed by atoms with Gasteiger partial charge in [-0.1, -0.05) is 6.92 Å². The molecule has 4 amide bonds. The number of nitrogens with one attached hydrogen (secondary N) is 1. The van der Waals surface area contributed by atoms with Crippen molar-refractivity contribution in [1.29, 1.82) is 0 Å². The van der Waals surface area contributed by atoms with Crippen molar-refractivity contribution in [3.8, 4) is 0 Å². The molecule has 164 valence electrons. The lowest BCUT2D eigenvalue weighted by Crippen LogP contribution is -2.44. The molecule has 1 aromatic carbocycles. The average Bonchev–Trinajstić information content (AvgIpc) is 2.74. The third-order valence-corrected chi connectivity index (χ3v) is 6.36. The van der Waals surface area contributed by atoms with Crippen molar-refractivity contribution in [2.45, 2.75) is 39.5 Å². The van der Waals surface area contributed by atoms with Crippen molar-refractivity contribution in [2.24, 2.45) is 11.8 Å². The molecule has 0 unspecified atom stereocenters. The molecule has 1 aromatic rings. The fourth-order valence-electron chi connectivity index (χ4n) is 4.22. The normalized spacial score (nSPS) is 18.3. The quantitative estimate of drug-likeness (QED) is 0.826. The number of amides is 4. The van der Waals surface area contributed by atoms with Gasteiger partial charge in [-0.15, -0.1) is 0 Å². The van der Waals surface area contributed by atoms with E-state index < -0.39 is 0 Å². The lowest BCUT2D eigenvalue weighted by atomic mass is 9.96. The molecule has 3 rings (SSSR count). The van der Waals surface area contributed by atoms with Crippen LogP contribution in [0.5, 0.6) is 0 Å². The number of benzene rings is 1. The number of hydrogen-bond donors (Lipinski definition) is 1. The summed E-state index contributed by atoms with van der Waals surface area (Å²) in [5.74, 6) is 0.873. The standard InChI is InChI=1S/C23H34N4O3/c1-16-7-11-26(12-8-16)22(29)19-5-6-20(17(2)15-19)24-23(30)27-13-9-18(10-14-27)21(28)25(3)4/h5-6,15-16,18H,7-14H2,1-4H3,(H,24,30). The van der Waals surface area contributed by atoms with Gasteiger partial charge in [-0.2, -0.15) is 0 Å². The number of rotatable bonds is 3. The van der Waals surface area contributed by atoms with Crippen molar-refractivity contribution < 1.29 is 14.4 Å². The van der Waals surface area contributed by atoms with Crippen LogP contribution in [0.2, 0.25) is 0 Å². The SMILES string of the molecule is Cc1cc(C(=O)N2CCC(C)CC2)ccc1NC(=O)N1CCC(C(=O)N(C)C)CC1. The molecular weight excluding hydrogens is 380 g/mol. The van der Waals surface area contributed by atoms with E-state index in [0.29, 0.717) is 37.4 Å². The second-order valence-corrected chi connectivity index (χ2v) is 8.93. The molecule has 0 saturated carbocycles. The molecule has 2 fully saturated rings. The van der Waals surface area contributed by atoms with Crippen LogP contribution in [0.4, 0.5) is 10.5 Å². The Balaban J connectivity index is 1.56. The van der Waals surface area contributed by atoms with E-state index in [1.807, 2.05) is 24.0 Å². The van der Waals surface area contributed by atoms with Crippen LogP contribution < -0.4 is 5.32 Å². The lowest BCUT2D eigenvalue weighted by molar-refractivity contribution is -0.134. The highest BCUT2D eigenvalue weighted by atomic mass is 16.2. The minimum absolute atomic E-state index is 0.00569. The van der Waals surface area contributed by atoms with Gasteiger partial charge in [0.25, 0.3) is 5.91 Å². The van der Waals surface area contributed by atoms with Crippen LogP contribution in [0, 0.1) is 18.8 Å². The Morgan fingerprint density at radius 1 is 0.967 bits per heavy atom. The first-order valence-electron chi connectivity index (χ1n) is 10.9. The highest BCUT2D eigenvalue weighted by molar-refractivity contribution is 5.96. The Bertz CT molecular complexity index is 792. The smallest absolute Gasteiger partial charge is 0.321 e. The molecule has 30 heavy (non-hydrogen) atoms. The average molecular weight is 415 g/mol. The number of likely N-dealkylation sites (tertiary alicyclic amines) is 2. The number of piperidine rings is 2. The summed E-state index contributed by atoms with van der Waals surface area (Å²) in [7, 11) is 3.54. The highest BCUT2D eigenvalue weighted by Gasteiger charge is 2.28. The van der Waals surface area contributed by atoms with Gasteiger partial charge >= 0.3 is 6.03 Å². The van der Waals surface area contributed by atoms with Gasteiger partial charge < -0.3 is 20.0 Å². The highest BCUT2D eigenvalue weighted by Crippen LogP contribution is 2.23. The Morgan fingerprint density at radius 2 is 1.57 bits per heavy atom. The molecule has 7 nitrogen and oxygen atoms in total. The molecule has 7 heteroatoms. The molecule has 0 bridgehead atoms. The number of carbonyl (C=O) groups excluding carboxylic acids is 3. The Morgan fingerprint density at radius 3 is 2.13 bits per heavy atom. The summed E-state index contributed by atoms with van der Waals surface area (Å²) in [6.45, 7) is 6.89. The van der Waals surface area contributed by atoms with Gasteiger partial charge in [-0.05, 0) is 62.3 Å². The van der Waals surface area contributed by atoms with Crippen molar-refractivity contribution >= 4 is 23.5 Å². The molecule has 2 saturated heterocycles. The summed E-state index contributed by atoms with van der Waals surface area (Å²) < 4.78 is 0. The molecule has 0 aromatic heterocycles. The predicted octanol–water partition coefficient (Wildman–Crippen LogP) is 3.20. The largest absolute Gasteiger partial charge is 0.349 e. The van der Waals surface area contributed by atoms with E-state index in [9.17, 15) is 14.4 Å². The summed E-state index contributed by atoms with van der Waals surface area (Å²) in [4.78, 5) is 42.8. The van der Waals surface area contributed by atoms with E-state index in [1.54, 1.807) is 30.0 Å². The topological polar surface area (TPSA) is 73.0 Å². The summed E-state index contributed by atoms with van der Waals surface area (Å²) in [5.41, 5.74) is 2.26. The second kappa shape index (κ2) is 9.49. The van der Waals surface area contributed by atoms with Gasteiger partial charge in [0.05, 0.1) is 0 Å². The zero-order chi connectivity index (χ0) is 21.8. The predicted molar refractivity (Wildman–Crippen MR) is 117 cm³/mol. The van der Waals surface area contributed by atoms with Crippen molar-refractivity contribution in [1.82, 2.24) is 14.7 Å². The van der Waals surface area contributed by atoms with Crippen LogP contribution >= 0.6 is 0 Å². The molecule has 0 aliphatic carbocycles. The molecule has 0 atom stereocenters. The van der Waals surface area contributed by atoms with Crippen molar-refractivity contribution in [2.75, 3.05) is 45.6 Å². The fourth-order valence-corrected chi connectivity index (χ4v) is 4.22. The molecule has 0 spiro atoms. The van der Waals surface area contributed by atoms with E-state index in [1.165, 1.54) is 0 Å². The first kappa shape index (κ1) is 22.1. The molecule has 2 aliphatic heterocycles. The van der Waals surface area contributed by atoms with Crippen molar-refractivity contribution in [3.63, 3.8) is 0 Å². The van der Waals surface area contributed by atoms with Gasteiger partial charge in [0.1, 0.15) is 0 Å². The van der Waals surface area contributed by atoms with Gasteiger partial charge in [0, 0.05) is 57.4 Å². The maximum absolute atomic E-state index is 12.8. The molecule has 0 radical (unpaired) electrons. The Kier molecular flexibility index (Phi) is 7.00. The molecule has 2 heterocycles. The first-order valence-corrected chi connectivity index (χ1v) is 10.9. The molecule has 1 N–H and O–H groups in total. The number of hydrogen-bond acceptors (Lipinski definition) is 3. The number of carbonyl (C=O) groups is 3. The summed E-state index contributed by atoms with van der Waals surface area (Å²) in [6.07, 6.45) is 3.47. The third kappa shape index (κ3) is 5.12. The van der Waals surface area contributed by atoms with E-state index in [4.69, 9.17) is 0 Å². The minimum Gasteiger partial charge on any atom is -0.349 e. The number of anilines is 1. The summed E-state index contributed by atoms with van der Waals surface area (Å²) in [5, 5.41) is 2.96. The second-order valence-electron chi connectivity index (χ2n) is 8.93.